The van der Waals surface area contributed by atoms with E-state index < -0.39 is 0 Å². The van der Waals surface area contributed by atoms with Gasteiger partial charge in [-0.05, 0) is 91.0 Å². The molecule has 0 atom stereocenters. The van der Waals surface area contributed by atoms with Gasteiger partial charge in [-0.3, -0.25) is 9.69 Å². The fraction of sp³-hybridized carbons (Fsp3) is 0.333. The largest absolute Gasteiger partial charge is 0.490 e. The quantitative estimate of drug-likeness (QED) is 0.248. The summed E-state index contributed by atoms with van der Waals surface area (Å²) in [5.41, 5.74) is 3.66. The van der Waals surface area contributed by atoms with E-state index in [-0.39, 0.29) is 24.4 Å². The van der Waals surface area contributed by atoms with Crippen molar-refractivity contribution in [3.8, 4) is 11.5 Å². The topological polar surface area (TPSA) is 51.1 Å². The Morgan fingerprint density at radius 2 is 1.80 bits per heavy atom. The third-order valence-corrected chi connectivity index (χ3v) is 8.20. The fourth-order valence-corrected chi connectivity index (χ4v) is 6.24. The van der Waals surface area contributed by atoms with Gasteiger partial charge in [0.2, 0.25) is 0 Å². The van der Waals surface area contributed by atoms with Gasteiger partial charge in [0.25, 0.3) is 5.91 Å². The number of aryl methyl sites for hydroxylation is 1. The second-order valence-corrected chi connectivity index (χ2v) is 11.0. The lowest BCUT2D eigenvalue weighted by molar-refractivity contribution is -0.124. The van der Waals surface area contributed by atoms with Gasteiger partial charge < -0.3 is 9.47 Å². The molecule has 208 valence electrons. The van der Waals surface area contributed by atoms with Gasteiger partial charge in [0.1, 0.15) is 12.4 Å². The molecule has 2 fully saturated rings. The zero-order valence-electron chi connectivity index (χ0n) is 23.1. The highest BCUT2D eigenvalue weighted by Gasteiger charge is 2.38. The fourth-order valence-electron chi connectivity index (χ4n) is 5.19. The molecule has 7 heteroatoms. The van der Waals surface area contributed by atoms with Crippen molar-refractivity contribution >= 4 is 34.6 Å². The van der Waals surface area contributed by atoms with Crippen molar-refractivity contribution in [2.24, 2.45) is 4.99 Å². The lowest BCUT2D eigenvalue weighted by Gasteiger charge is -2.30. The molecule has 0 radical (unpaired) electrons. The van der Waals surface area contributed by atoms with E-state index in [1.54, 1.807) is 6.07 Å². The molecule has 1 saturated carbocycles. The standard InChI is InChI=1S/C33H35FN2O3S/c1-3-25-12-8-9-16-28(25)35-33-36(27-14-6-5-7-15-27)32(37)31(40-33)21-23-17-18-29(30(20-23)38-4-2)39-22-24-11-10-13-26(34)19-24/h8-13,16-21,27H,3-7,14-15,22H2,1-2H3/b31-21+,35-33?. The first-order valence-corrected chi connectivity index (χ1v) is 14.9. The Balaban J connectivity index is 1.43. The van der Waals surface area contributed by atoms with E-state index in [2.05, 4.69) is 13.0 Å². The predicted molar refractivity (Wildman–Crippen MR) is 161 cm³/mol. The summed E-state index contributed by atoms with van der Waals surface area (Å²) in [6, 6.07) is 20.3. The highest BCUT2D eigenvalue weighted by Crippen LogP contribution is 2.40. The minimum absolute atomic E-state index is 0.00835. The van der Waals surface area contributed by atoms with E-state index in [0.29, 0.717) is 23.0 Å². The third kappa shape index (κ3) is 6.58. The van der Waals surface area contributed by atoms with E-state index in [0.717, 1.165) is 54.1 Å². The number of nitrogens with zero attached hydrogens (tertiary/aromatic N) is 2. The van der Waals surface area contributed by atoms with Crippen LogP contribution < -0.4 is 9.47 Å². The van der Waals surface area contributed by atoms with E-state index in [1.165, 1.54) is 35.9 Å². The number of hydrogen-bond acceptors (Lipinski definition) is 5. The maximum Gasteiger partial charge on any atom is 0.267 e. The van der Waals surface area contributed by atoms with Crippen LogP contribution in [0.5, 0.6) is 11.5 Å². The SMILES string of the molecule is CCOc1cc(/C=C2/SC(=Nc3ccccc3CC)N(C3CCCCC3)C2=O)ccc1OCc1cccc(F)c1. The molecule has 1 heterocycles. The molecule has 0 N–H and O–H groups in total. The first kappa shape index (κ1) is 28.0. The van der Waals surface area contributed by atoms with Gasteiger partial charge in [0, 0.05) is 6.04 Å². The van der Waals surface area contributed by atoms with Crippen molar-refractivity contribution in [1.29, 1.82) is 0 Å². The number of aliphatic imine (C=N–C) groups is 1. The Kier molecular flexibility index (Phi) is 9.22. The monoisotopic (exact) mass is 558 g/mol. The average Bonchev–Trinajstić information content (AvgIpc) is 3.27. The summed E-state index contributed by atoms with van der Waals surface area (Å²) in [5.74, 6) is 0.865. The van der Waals surface area contributed by atoms with Gasteiger partial charge >= 0.3 is 0 Å². The lowest BCUT2D eigenvalue weighted by Crippen LogP contribution is -2.40. The van der Waals surface area contributed by atoms with Gasteiger partial charge in [0.15, 0.2) is 16.7 Å². The molecular weight excluding hydrogens is 523 g/mol. The Morgan fingerprint density at radius 3 is 2.58 bits per heavy atom. The summed E-state index contributed by atoms with van der Waals surface area (Å²) in [6.07, 6.45) is 8.27. The first-order chi connectivity index (χ1) is 19.6. The number of benzene rings is 3. The van der Waals surface area contributed by atoms with Crippen molar-refractivity contribution in [2.45, 2.75) is 65.0 Å². The molecule has 3 aromatic rings. The van der Waals surface area contributed by atoms with Crippen LogP contribution in [0.2, 0.25) is 0 Å². The molecule has 1 saturated heterocycles. The Labute approximate surface area is 240 Å². The van der Waals surface area contributed by atoms with Crippen LogP contribution in [0.3, 0.4) is 0 Å². The molecule has 0 spiro atoms. The van der Waals surface area contributed by atoms with E-state index in [9.17, 15) is 9.18 Å². The second-order valence-electron chi connectivity index (χ2n) is 10.0. The molecule has 5 rings (SSSR count). The van der Waals surface area contributed by atoms with E-state index in [4.69, 9.17) is 14.5 Å². The van der Waals surface area contributed by atoms with E-state index >= 15 is 0 Å². The molecule has 40 heavy (non-hydrogen) atoms. The summed E-state index contributed by atoms with van der Waals surface area (Å²) in [4.78, 5) is 21.4. The highest BCUT2D eigenvalue weighted by atomic mass is 32.2. The molecule has 1 aliphatic heterocycles. The van der Waals surface area contributed by atoms with Crippen LogP contribution in [-0.4, -0.2) is 28.6 Å². The number of amidine groups is 1. The average molecular weight is 559 g/mol. The molecule has 0 unspecified atom stereocenters. The molecule has 1 amide bonds. The van der Waals surface area contributed by atoms with Crippen LogP contribution in [0.4, 0.5) is 10.1 Å². The number of halogens is 1. The summed E-state index contributed by atoms with van der Waals surface area (Å²) in [7, 11) is 0. The molecular formula is C33H35FN2O3S. The van der Waals surface area contributed by atoms with Crippen molar-refractivity contribution in [3.63, 3.8) is 0 Å². The van der Waals surface area contributed by atoms with Crippen LogP contribution in [0.25, 0.3) is 6.08 Å². The van der Waals surface area contributed by atoms with Crippen LogP contribution >= 0.6 is 11.8 Å². The summed E-state index contributed by atoms with van der Waals surface area (Å²) < 4.78 is 25.4. The number of ether oxygens (including phenoxy) is 2. The molecule has 0 bridgehead atoms. The van der Waals surface area contributed by atoms with Crippen LogP contribution in [-0.2, 0) is 17.8 Å². The Morgan fingerprint density at radius 1 is 0.975 bits per heavy atom. The molecule has 2 aliphatic rings. The Hall–Kier alpha value is -3.58. The number of carbonyl (C=O) groups excluding carboxylic acids is 1. The molecule has 1 aliphatic carbocycles. The number of para-hydroxylation sites is 1. The number of hydrogen-bond donors (Lipinski definition) is 0. The van der Waals surface area contributed by atoms with Crippen molar-refractivity contribution in [1.82, 2.24) is 4.90 Å². The van der Waals surface area contributed by atoms with Crippen molar-refractivity contribution < 1.29 is 18.7 Å². The zero-order chi connectivity index (χ0) is 27.9. The Bertz CT molecular complexity index is 1410. The van der Waals surface area contributed by atoms with Gasteiger partial charge in [-0.25, -0.2) is 9.38 Å². The van der Waals surface area contributed by atoms with Gasteiger partial charge in [-0.15, -0.1) is 0 Å². The number of amides is 1. The predicted octanol–water partition coefficient (Wildman–Crippen LogP) is 8.30. The maximum atomic E-state index is 13.8. The van der Waals surface area contributed by atoms with Gasteiger partial charge in [-0.1, -0.05) is 62.6 Å². The third-order valence-electron chi connectivity index (χ3n) is 7.21. The van der Waals surface area contributed by atoms with Gasteiger partial charge in [0.05, 0.1) is 17.2 Å². The van der Waals surface area contributed by atoms with Crippen molar-refractivity contribution in [2.75, 3.05) is 6.61 Å². The highest BCUT2D eigenvalue weighted by molar-refractivity contribution is 8.18. The smallest absolute Gasteiger partial charge is 0.267 e. The van der Waals surface area contributed by atoms with E-state index in [1.807, 2.05) is 60.4 Å². The summed E-state index contributed by atoms with van der Waals surface area (Å²) >= 11 is 1.44. The summed E-state index contributed by atoms with van der Waals surface area (Å²) in [6.45, 7) is 4.73. The minimum atomic E-state index is -0.296. The van der Waals surface area contributed by atoms with Gasteiger partial charge in [-0.2, -0.15) is 0 Å². The maximum absolute atomic E-state index is 13.8. The van der Waals surface area contributed by atoms with Crippen molar-refractivity contribution in [3.05, 3.63) is 94.1 Å². The normalized spacial score (nSPS) is 18.1. The molecule has 0 aromatic heterocycles. The molecule has 3 aromatic carbocycles. The van der Waals surface area contributed by atoms with Crippen LogP contribution in [0, 0.1) is 5.82 Å². The van der Waals surface area contributed by atoms with Crippen LogP contribution in [0.15, 0.2) is 76.6 Å². The molecule has 5 nitrogen and oxygen atoms in total. The summed E-state index contributed by atoms with van der Waals surface area (Å²) in [5, 5.41) is 0.754. The lowest BCUT2D eigenvalue weighted by atomic mass is 9.94. The minimum Gasteiger partial charge on any atom is -0.490 e. The number of thioether (sulfide) groups is 1. The first-order valence-electron chi connectivity index (χ1n) is 14.1. The second kappa shape index (κ2) is 13.2. The number of rotatable bonds is 9. The zero-order valence-corrected chi connectivity index (χ0v) is 23.9. The number of carbonyl (C=O) groups is 1. The van der Waals surface area contributed by atoms with Crippen LogP contribution in [0.1, 0.15) is 62.6 Å².